The van der Waals surface area contributed by atoms with Crippen molar-refractivity contribution >= 4 is 15.9 Å². The van der Waals surface area contributed by atoms with E-state index in [0.717, 1.165) is 17.7 Å². The number of ether oxygens (including phenoxy) is 1. The summed E-state index contributed by atoms with van der Waals surface area (Å²) in [6, 6.07) is 8.22. The molecule has 0 radical (unpaired) electrons. The van der Waals surface area contributed by atoms with Crippen LogP contribution in [0, 0.1) is 0 Å². The molecule has 1 fully saturated rings. The average molecular weight is 242 g/mol. The van der Waals surface area contributed by atoms with E-state index in [4.69, 9.17) is 4.74 Å². The number of likely N-dealkylation sites (N-methyl/N-ethyl adjacent to an activating group) is 1. The van der Waals surface area contributed by atoms with E-state index >= 15 is 0 Å². The molecule has 2 rings (SSSR count). The van der Waals surface area contributed by atoms with Gasteiger partial charge in [-0.1, -0.05) is 34.1 Å². The minimum Gasteiger partial charge on any atom is -0.357 e. The lowest BCUT2D eigenvalue weighted by Crippen LogP contribution is -2.13. The summed E-state index contributed by atoms with van der Waals surface area (Å²) < 4.78 is 6.76. The van der Waals surface area contributed by atoms with E-state index in [2.05, 4.69) is 40.0 Å². The highest BCUT2D eigenvalue weighted by Crippen LogP contribution is 2.29. The summed E-state index contributed by atoms with van der Waals surface area (Å²) in [7, 11) is 2.07. The summed E-state index contributed by atoms with van der Waals surface area (Å²) >= 11 is 3.53. The molecular formula is C10H12BrNO. The van der Waals surface area contributed by atoms with Gasteiger partial charge in [0, 0.05) is 11.0 Å². The third-order valence-corrected chi connectivity index (χ3v) is 2.95. The standard InChI is InChI=1S/C10H12BrNO/c1-12-6-10(13-7-12)8-4-2-3-5-9(8)11/h2-5,10H,6-7H2,1H3. The van der Waals surface area contributed by atoms with Crippen LogP contribution in [-0.4, -0.2) is 25.2 Å². The maximum atomic E-state index is 5.63. The number of rotatable bonds is 1. The first-order valence-corrected chi connectivity index (χ1v) is 5.11. The number of nitrogens with zero attached hydrogens (tertiary/aromatic N) is 1. The van der Waals surface area contributed by atoms with E-state index in [1.54, 1.807) is 0 Å². The fourth-order valence-corrected chi connectivity index (χ4v) is 2.07. The van der Waals surface area contributed by atoms with E-state index in [1.807, 2.05) is 12.1 Å². The molecule has 1 heterocycles. The molecule has 2 nitrogen and oxygen atoms in total. The minimum absolute atomic E-state index is 0.223. The van der Waals surface area contributed by atoms with Gasteiger partial charge in [-0.15, -0.1) is 0 Å². The lowest BCUT2D eigenvalue weighted by Gasteiger charge is -2.10. The molecule has 70 valence electrons. The fourth-order valence-electron chi connectivity index (χ4n) is 1.53. The van der Waals surface area contributed by atoms with Crippen molar-refractivity contribution in [3.63, 3.8) is 0 Å². The zero-order valence-electron chi connectivity index (χ0n) is 7.53. The molecule has 1 aliphatic rings. The summed E-state index contributed by atoms with van der Waals surface area (Å²) in [5.74, 6) is 0. The highest BCUT2D eigenvalue weighted by Gasteiger charge is 2.22. The summed E-state index contributed by atoms with van der Waals surface area (Å²) in [6.45, 7) is 1.70. The number of hydrogen-bond acceptors (Lipinski definition) is 2. The summed E-state index contributed by atoms with van der Waals surface area (Å²) in [5, 5.41) is 0. The summed E-state index contributed by atoms with van der Waals surface area (Å²) in [4.78, 5) is 2.17. The van der Waals surface area contributed by atoms with E-state index in [9.17, 15) is 0 Å². The minimum atomic E-state index is 0.223. The lowest BCUT2D eigenvalue weighted by molar-refractivity contribution is 0.0952. The Morgan fingerprint density at radius 2 is 2.23 bits per heavy atom. The molecule has 0 aromatic heterocycles. The lowest BCUT2D eigenvalue weighted by atomic mass is 10.1. The van der Waals surface area contributed by atoms with Crippen LogP contribution in [0.15, 0.2) is 28.7 Å². The monoisotopic (exact) mass is 241 g/mol. The van der Waals surface area contributed by atoms with Gasteiger partial charge in [0.05, 0.1) is 12.8 Å². The molecule has 1 aromatic carbocycles. The first-order chi connectivity index (χ1) is 6.27. The van der Waals surface area contributed by atoms with E-state index in [0.29, 0.717) is 0 Å². The average Bonchev–Trinajstić information content (AvgIpc) is 2.53. The van der Waals surface area contributed by atoms with Crippen LogP contribution in [0.1, 0.15) is 11.7 Å². The predicted octanol–water partition coefficient (Wildman–Crippen LogP) is 2.41. The second-order valence-electron chi connectivity index (χ2n) is 3.34. The van der Waals surface area contributed by atoms with Crippen molar-refractivity contribution in [2.24, 2.45) is 0 Å². The quantitative estimate of drug-likeness (QED) is 0.749. The van der Waals surface area contributed by atoms with Crippen LogP contribution in [-0.2, 0) is 4.74 Å². The Kier molecular flexibility index (Phi) is 2.67. The molecule has 1 saturated heterocycles. The van der Waals surface area contributed by atoms with Gasteiger partial charge in [0.2, 0.25) is 0 Å². The molecule has 1 unspecified atom stereocenters. The molecule has 1 atom stereocenters. The van der Waals surface area contributed by atoms with Gasteiger partial charge in [0.1, 0.15) is 0 Å². The SMILES string of the molecule is CN1COC(c2ccccc2Br)C1. The molecule has 0 spiro atoms. The number of benzene rings is 1. The Labute approximate surface area is 86.6 Å². The van der Waals surface area contributed by atoms with Crippen molar-refractivity contribution in [1.29, 1.82) is 0 Å². The van der Waals surface area contributed by atoms with Gasteiger partial charge in [-0.3, -0.25) is 4.90 Å². The zero-order chi connectivity index (χ0) is 9.26. The van der Waals surface area contributed by atoms with Crippen molar-refractivity contribution < 1.29 is 4.74 Å². The Hall–Kier alpha value is -0.380. The number of hydrogen-bond donors (Lipinski definition) is 0. The van der Waals surface area contributed by atoms with Crippen LogP contribution >= 0.6 is 15.9 Å². The third kappa shape index (κ3) is 1.93. The molecule has 0 saturated carbocycles. The maximum absolute atomic E-state index is 5.63. The van der Waals surface area contributed by atoms with Crippen molar-refractivity contribution in [2.75, 3.05) is 20.3 Å². The molecule has 1 aliphatic heterocycles. The normalized spacial score (nSPS) is 23.7. The highest BCUT2D eigenvalue weighted by molar-refractivity contribution is 9.10. The third-order valence-electron chi connectivity index (χ3n) is 2.23. The van der Waals surface area contributed by atoms with Crippen molar-refractivity contribution in [1.82, 2.24) is 4.90 Å². The Bertz CT molecular complexity index is 303. The molecule has 3 heteroatoms. The van der Waals surface area contributed by atoms with Crippen LogP contribution in [0.5, 0.6) is 0 Å². The second kappa shape index (κ2) is 3.78. The van der Waals surface area contributed by atoms with Crippen molar-refractivity contribution in [2.45, 2.75) is 6.10 Å². The van der Waals surface area contributed by atoms with Gasteiger partial charge >= 0.3 is 0 Å². The number of halogens is 1. The highest BCUT2D eigenvalue weighted by atomic mass is 79.9. The maximum Gasteiger partial charge on any atom is 0.0997 e. The summed E-state index contributed by atoms with van der Waals surface area (Å²) in [6.07, 6.45) is 0.223. The van der Waals surface area contributed by atoms with Crippen molar-refractivity contribution in [3.8, 4) is 0 Å². The van der Waals surface area contributed by atoms with Crippen LogP contribution in [0.2, 0.25) is 0 Å². The Balaban J connectivity index is 2.21. The predicted molar refractivity (Wildman–Crippen MR) is 55.5 cm³/mol. The topological polar surface area (TPSA) is 12.5 Å². The molecular weight excluding hydrogens is 230 g/mol. The van der Waals surface area contributed by atoms with Crippen LogP contribution < -0.4 is 0 Å². The molecule has 0 aliphatic carbocycles. The smallest absolute Gasteiger partial charge is 0.0997 e. The molecule has 1 aromatic rings. The first-order valence-electron chi connectivity index (χ1n) is 4.32. The first kappa shape index (κ1) is 9.19. The van der Waals surface area contributed by atoms with Crippen LogP contribution in [0.3, 0.4) is 0 Å². The van der Waals surface area contributed by atoms with Crippen LogP contribution in [0.25, 0.3) is 0 Å². The molecule has 0 N–H and O–H groups in total. The van der Waals surface area contributed by atoms with Crippen LogP contribution in [0.4, 0.5) is 0 Å². The van der Waals surface area contributed by atoms with Gasteiger partial charge in [0.15, 0.2) is 0 Å². The zero-order valence-corrected chi connectivity index (χ0v) is 9.12. The fraction of sp³-hybridized carbons (Fsp3) is 0.400. The van der Waals surface area contributed by atoms with E-state index in [-0.39, 0.29) is 6.10 Å². The van der Waals surface area contributed by atoms with E-state index < -0.39 is 0 Å². The van der Waals surface area contributed by atoms with Gasteiger partial charge in [-0.2, -0.15) is 0 Å². The Morgan fingerprint density at radius 1 is 1.46 bits per heavy atom. The second-order valence-corrected chi connectivity index (χ2v) is 4.20. The molecule has 13 heavy (non-hydrogen) atoms. The summed E-state index contributed by atoms with van der Waals surface area (Å²) in [5.41, 5.74) is 1.24. The van der Waals surface area contributed by atoms with Gasteiger partial charge < -0.3 is 4.74 Å². The van der Waals surface area contributed by atoms with Gasteiger partial charge in [-0.25, -0.2) is 0 Å². The molecule has 0 amide bonds. The Morgan fingerprint density at radius 3 is 2.85 bits per heavy atom. The van der Waals surface area contributed by atoms with E-state index in [1.165, 1.54) is 5.56 Å². The van der Waals surface area contributed by atoms with Crippen molar-refractivity contribution in [3.05, 3.63) is 34.3 Å². The van der Waals surface area contributed by atoms with Gasteiger partial charge in [0.25, 0.3) is 0 Å². The molecule has 0 bridgehead atoms. The largest absolute Gasteiger partial charge is 0.357 e. The van der Waals surface area contributed by atoms with Gasteiger partial charge in [-0.05, 0) is 18.7 Å².